The van der Waals surface area contributed by atoms with Crippen LogP contribution in [0.4, 0.5) is 4.79 Å². The molecule has 3 rings (SSSR count). The molecule has 0 saturated carbocycles. The van der Waals surface area contributed by atoms with Gasteiger partial charge in [-0.15, -0.1) is 0 Å². The Morgan fingerprint density at radius 1 is 1.21 bits per heavy atom. The zero-order valence-electron chi connectivity index (χ0n) is 20.5. The zero-order chi connectivity index (χ0) is 24.2. The first kappa shape index (κ1) is 25.0. The third kappa shape index (κ3) is 6.44. The van der Waals surface area contributed by atoms with Crippen molar-refractivity contribution in [2.24, 2.45) is 5.41 Å². The number of nitrogens with one attached hydrogen (secondary N) is 1. The van der Waals surface area contributed by atoms with Crippen molar-refractivity contribution in [2.75, 3.05) is 20.1 Å². The summed E-state index contributed by atoms with van der Waals surface area (Å²) in [6, 6.07) is 6.60. The number of allylic oxidation sites excluding steroid dienone is 1. The highest BCUT2D eigenvalue weighted by atomic mass is 16.5. The number of benzene rings is 1. The Kier molecular flexibility index (Phi) is 7.95. The van der Waals surface area contributed by atoms with E-state index in [1.807, 2.05) is 39.0 Å². The van der Waals surface area contributed by atoms with Crippen LogP contribution in [-0.2, 0) is 20.9 Å². The van der Waals surface area contributed by atoms with Crippen molar-refractivity contribution >= 4 is 23.8 Å². The SMILES string of the molecule is CC(=O)[C@@H]1C[C@@H]2CN1C(=O)[C@H](C(C)(C)C)NC(=O)N(C)CCC/C=C/c1cccc(c1)CO2. The van der Waals surface area contributed by atoms with Gasteiger partial charge in [0.25, 0.3) is 0 Å². The summed E-state index contributed by atoms with van der Waals surface area (Å²) < 4.78 is 6.14. The van der Waals surface area contributed by atoms with Gasteiger partial charge in [-0.05, 0) is 42.4 Å². The third-order valence-electron chi connectivity index (χ3n) is 6.35. The van der Waals surface area contributed by atoms with Crippen LogP contribution < -0.4 is 5.32 Å². The average Bonchev–Trinajstić information content (AvgIpc) is 3.19. The topological polar surface area (TPSA) is 79.0 Å². The Labute approximate surface area is 197 Å². The number of hydrogen-bond acceptors (Lipinski definition) is 4. The molecular formula is C26H37N3O4. The van der Waals surface area contributed by atoms with Crippen molar-refractivity contribution in [3.8, 4) is 0 Å². The van der Waals surface area contributed by atoms with Crippen molar-refractivity contribution in [1.29, 1.82) is 0 Å². The predicted octanol–water partition coefficient (Wildman–Crippen LogP) is 3.62. The van der Waals surface area contributed by atoms with E-state index in [0.29, 0.717) is 26.1 Å². The molecule has 0 unspecified atom stereocenters. The summed E-state index contributed by atoms with van der Waals surface area (Å²) in [4.78, 5) is 42.1. The van der Waals surface area contributed by atoms with Crippen molar-refractivity contribution in [2.45, 2.75) is 71.8 Å². The summed E-state index contributed by atoms with van der Waals surface area (Å²) in [6.07, 6.45) is 6.09. The summed E-state index contributed by atoms with van der Waals surface area (Å²) in [7, 11) is 1.74. The second-order valence-electron chi connectivity index (χ2n) is 10.2. The molecule has 0 aliphatic carbocycles. The molecule has 2 heterocycles. The van der Waals surface area contributed by atoms with Crippen LogP contribution in [0.25, 0.3) is 6.08 Å². The highest BCUT2D eigenvalue weighted by Gasteiger charge is 2.44. The van der Waals surface area contributed by atoms with Gasteiger partial charge in [0, 0.05) is 26.6 Å². The number of carbonyl (C=O) groups is 3. The largest absolute Gasteiger partial charge is 0.372 e. The summed E-state index contributed by atoms with van der Waals surface area (Å²) in [5.74, 6) is -0.301. The molecule has 1 aromatic carbocycles. The molecule has 7 heteroatoms. The monoisotopic (exact) mass is 455 g/mol. The maximum absolute atomic E-state index is 13.6. The lowest BCUT2D eigenvalue weighted by molar-refractivity contribution is -0.140. The smallest absolute Gasteiger partial charge is 0.317 e. The predicted molar refractivity (Wildman–Crippen MR) is 128 cm³/mol. The number of urea groups is 1. The number of hydrogen-bond donors (Lipinski definition) is 1. The van der Waals surface area contributed by atoms with Gasteiger partial charge in [0.2, 0.25) is 5.91 Å². The Hall–Kier alpha value is -2.67. The summed E-state index contributed by atoms with van der Waals surface area (Å²) >= 11 is 0. The first-order valence-electron chi connectivity index (χ1n) is 11.8. The fourth-order valence-electron chi connectivity index (χ4n) is 4.36. The van der Waals surface area contributed by atoms with Crippen LogP contribution in [0.3, 0.4) is 0 Å². The molecule has 0 aromatic heterocycles. The van der Waals surface area contributed by atoms with Crippen LogP contribution in [0.15, 0.2) is 30.3 Å². The third-order valence-corrected chi connectivity index (χ3v) is 6.35. The van der Waals surface area contributed by atoms with Crippen molar-refractivity contribution in [3.63, 3.8) is 0 Å². The molecule has 2 aliphatic rings. The zero-order valence-corrected chi connectivity index (χ0v) is 20.5. The molecule has 1 N–H and O–H groups in total. The van der Waals surface area contributed by atoms with E-state index in [0.717, 1.165) is 24.0 Å². The summed E-state index contributed by atoms with van der Waals surface area (Å²) in [5, 5.41) is 2.93. The lowest BCUT2D eigenvalue weighted by Gasteiger charge is -2.36. The molecule has 4 bridgehead atoms. The number of rotatable bonds is 1. The van der Waals surface area contributed by atoms with E-state index in [1.54, 1.807) is 16.8 Å². The van der Waals surface area contributed by atoms with Crippen LogP contribution in [0.2, 0.25) is 0 Å². The molecular weight excluding hydrogens is 418 g/mol. The van der Waals surface area contributed by atoms with Crippen molar-refractivity contribution in [1.82, 2.24) is 15.1 Å². The fraction of sp³-hybridized carbons (Fsp3) is 0.577. The Morgan fingerprint density at radius 3 is 2.67 bits per heavy atom. The number of carbonyl (C=O) groups excluding carboxylic acids is 3. The maximum Gasteiger partial charge on any atom is 0.317 e. The van der Waals surface area contributed by atoms with Crippen LogP contribution in [0.1, 0.15) is 58.1 Å². The first-order valence-corrected chi connectivity index (χ1v) is 11.8. The van der Waals surface area contributed by atoms with E-state index < -0.39 is 17.5 Å². The number of ketones is 1. The molecule has 2 aliphatic heterocycles. The Morgan fingerprint density at radius 2 is 1.97 bits per heavy atom. The second kappa shape index (κ2) is 10.5. The van der Waals surface area contributed by atoms with Gasteiger partial charge in [-0.3, -0.25) is 9.59 Å². The Bertz CT molecular complexity index is 905. The van der Waals surface area contributed by atoms with Gasteiger partial charge < -0.3 is 19.9 Å². The van der Waals surface area contributed by atoms with Crippen molar-refractivity contribution < 1.29 is 19.1 Å². The number of Topliss-reactive ketones (excluding diaryl/α,β-unsaturated/α-hetero) is 1. The van der Waals surface area contributed by atoms with Gasteiger partial charge in [-0.1, -0.05) is 51.1 Å². The van der Waals surface area contributed by atoms with Crippen LogP contribution in [0, 0.1) is 5.41 Å². The minimum atomic E-state index is -0.747. The second-order valence-corrected chi connectivity index (χ2v) is 10.2. The lowest BCUT2D eigenvalue weighted by Crippen LogP contribution is -2.58. The molecule has 1 saturated heterocycles. The van der Waals surface area contributed by atoms with E-state index in [1.165, 1.54) is 6.92 Å². The van der Waals surface area contributed by atoms with Gasteiger partial charge in [0.15, 0.2) is 5.78 Å². The van der Waals surface area contributed by atoms with E-state index in [2.05, 4.69) is 23.5 Å². The van der Waals surface area contributed by atoms with Gasteiger partial charge in [0.1, 0.15) is 6.04 Å². The van der Waals surface area contributed by atoms with Crippen LogP contribution >= 0.6 is 0 Å². The first-order chi connectivity index (χ1) is 15.6. The standard InChI is InChI=1S/C26H37N3O4/c1-18(30)22-15-21-16-29(22)24(31)23(26(2,3)4)27-25(32)28(5)13-8-6-7-10-19-11-9-12-20(14-19)17-33-21/h7,9-12,14,21-23H,6,8,13,15-17H2,1-5H3,(H,27,32)/b10-7+/t21-,22+,23-/m1/s1. The number of amides is 3. The van der Waals surface area contributed by atoms with Gasteiger partial charge in [-0.25, -0.2) is 4.79 Å². The lowest BCUT2D eigenvalue weighted by atomic mass is 9.85. The van der Waals surface area contributed by atoms with Gasteiger partial charge in [-0.2, -0.15) is 0 Å². The molecule has 0 spiro atoms. The minimum absolute atomic E-state index is 0.0661. The van der Waals surface area contributed by atoms with E-state index in [4.69, 9.17) is 4.74 Å². The van der Waals surface area contributed by atoms with E-state index in [-0.39, 0.29) is 23.8 Å². The van der Waals surface area contributed by atoms with E-state index >= 15 is 0 Å². The van der Waals surface area contributed by atoms with Gasteiger partial charge in [0.05, 0.1) is 18.8 Å². The average molecular weight is 456 g/mol. The Balaban J connectivity index is 1.90. The number of ether oxygens (including phenoxy) is 1. The van der Waals surface area contributed by atoms with Crippen molar-refractivity contribution in [3.05, 3.63) is 41.5 Å². The number of nitrogens with zero attached hydrogens (tertiary/aromatic N) is 2. The minimum Gasteiger partial charge on any atom is -0.372 e. The highest BCUT2D eigenvalue weighted by Crippen LogP contribution is 2.28. The molecule has 33 heavy (non-hydrogen) atoms. The molecule has 180 valence electrons. The molecule has 0 radical (unpaired) electrons. The fourth-order valence-corrected chi connectivity index (χ4v) is 4.36. The normalized spacial score (nSPS) is 26.4. The molecule has 1 fully saturated rings. The maximum atomic E-state index is 13.6. The van der Waals surface area contributed by atoms with Gasteiger partial charge >= 0.3 is 6.03 Å². The molecule has 7 nitrogen and oxygen atoms in total. The summed E-state index contributed by atoms with van der Waals surface area (Å²) in [5.41, 5.74) is 1.64. The quantitative estimate of drug-likeness (QED) is 0.701. The molecule has 3 amide bonds. The molecule has 3 atom stereocenters. The van der Waals surface area contributed by atoms with Crippen LogP contribution in [-0.4, -0.2) is 65.8 Å². The van der Waals surface area contributed by atoms with E-state index in [9.17, 15) is 14.4 Å². The summed E-state index contributed by atoms with van der Waals surface area (Å²) in [6.45, 7) is 8.61. The van der Waals surface area contributed by atoms with Crippen LogP contribution in [0.5, 0.6) is 0 Å². The highest BCUT2D eigenvalue weighted by molar-refractivity contribution is 5.92. The number of fused-ring (bicyclic) bond motifs is 4. The molecule has 1 aromatic rings.